The lowest BCUT2D eigenvalue weighted by Crippen LogP contribution is -2.34. The lowest BCUT2D eigenvalue weighted by Gasteiger charge is -2.26. The van der Waals surface area contributed by atoms with E-state index < -0.39 is 17.5 Å². The minimum absolute atomic E-state index is 0.280. The fourth-order valence-electron chi connectivity index (χ4n) is 1.95. The predicted molar refractivity (Wildman–Crippen MR) is 98.6 cm³/mol. The van der Waals surface area contributed by atoms with E-state index in [0.29, 0.717) is 21.6 Å². The first kappa shape index (κ1) is 19.3. The number of pyridine rings is 1. The molecule has 0 saturated heterocycles. The van der Waals surface area contributed by atoms with Crippen molar-refractivity contribution in [1.82, 2.24) is 4.98 Å². The molecule has 1 heterocycles. The minimum atomic E-state index is -0.673. The Balaban J connectivity index is 2.35. The maximum atomic E-state index is 13.7. The van der Waals surface area contributed by atoms with Crippen LogP contribution in [0.2, 0.25) is 10.0 Å². The Labute approximate surface area is 155 Å². The first-order valence-corrected chi connectivity index (χ1v) is 8.17. The maximum Gasteiger partial charge on any atom is 0.414 e. The molecule has 0 spiro atoms. The first-order chi connectivity index (χ1) is 11.6. The number of carbonyl (C=O) groups is 1. The number of benzene rings is 1. The number of ether oxygens (including phenoxy) is 1. The van der Waals surface area contributed by atoms with Gasteiger partial charge in [0.15, 0.2) is 0 Å². The summed E-state index contributed by atoms with van der Waals surface area (Å²) in [7, 11) is 1.49. The van der Waals surface area contributed by atoms with Gasteiger partial charge in [-0.1, -0.05) is 23.2 Å². The minimum Gasteiger partial charge on any atom is -0.443 e. The number of nitrogens with one attached hydrogen (secondary N) is 1. The number of hydrogen-bond donors (Lipinski definition) is 1. The molecule has 1 N–H and O–H groups in total. The van der Waals surface area contributed by atoms with Crippen LogP contribution in [0.15, 0.2) is 30.5 Å². The summed E-state index contributed by atoms with van der Waals surface area (Å²) in [5, 5.41) is 3.66. The molecular formula is C17H18Cl2FN3O2. The molecule has 0 bridgehead atoms. The van der Waals surface area contributed by atoms with E-state index in [4.69, 9.17) is 27.9 Å². The zero-order valence-electron chi connectivity index (χ0n) is 14.2. The summed E-state index contributed by atoms with van der Waals surface area (Å²) >= 11 is 11.9. The van der Waals surface area contributed by atoms with Crippen molar-refractivity contribution >= 4 is 46.5 Å². The fourth-order valence-corrected chi connectivity index (χ4v) is 2.38. The average molecular weight is 386 g/mol. The Morgan fingerprint density at radius 1 is 1.28 bits per heavy atom. The van der Waals surface area contributed by atoms with Gasteiger partial charge in [-0.3, -0.25) is 4.90 Å². The molecule has 1 aromatic carbocycles. The summed E-state index contributed by atoms with van der Waals surface area (Å²) in [5.74, 6) is -0.164. The number of amides is 1. The van der Waals surface area contributed by atoms with Crippen molar-refractivity contribution in [2.75, 3.05) is 17.3 Å². The second kappa shape index (κ2) is 7.45. The average Bonchev–Trinajstić information content (AvgIpc) is 2.49. The van der Waals surface area contributed by atoms with E-state index in [9.17, 15) is 9.18 Å². The van der Waals surface area contributed by atoms with E-state index in [1.807, 2.05) is 0 Å². The molecule has 5 nitrogen and oxygen atoms in total. The van der Waals surface area contributed by atoms with Gasteiger partial charge in [0.25, 0.3) is 0 Å². The highest BCUT2D eigenvalue weighted by Crippen LogP contribution is 2.32. The van der Waals surface area contributed by atoms with Crippen LogP contribution in [0.3, 0.4) is 0 Å². The van der Waals surface area contributed by atoms with Crippen LogP contribution in [0.4, 0.5) is 26.4 Å². The Bertz CT molecular complexity index is 794. The van der Waals surface area contributed by atoms with Gasteiger partial charge in [-0.2, -0.15) is 0 Å². The molecule has 0 saturated carbocycles. The van der Waals surface area contributed by atoms with Gasteiger partial charge in [-0.05, 0) is 45.0 Å². The molecule has 1 aromatic heterocycles. The summed E-state index contributed by atoms with van der Waals surface area (Å²) in [5.41, 5.74) is 0.0429. The molecule has 0 atom stereocenters. The van der Waals surface area contributed by atoms with E-state index in [-0.39, 0.29) is 5.69 Å². The molecule has 1 amide bonds. The Morgan fingerprint density at radius 3 is 2.56 bits per heavy atom. The molecular weight excluding hydrogens is 368 g/mol. The molecule has 25 heavy (non-hydrogen) atoms. The second-order valence-electron chi connectivity index (χ2n) is 6.31. The molecule has 0 aliphatic rings. The molecule has 0 aliphatic heterocycles. The number of carbonyl (C=O) groups excluding carboxylic acids is 1. The van der Waals surface area contributed by atoms with Crippen LogP contribution in [-0.4, -0.2) is 23.7 Å². The molecule has 0 radical (unpaired) electrons. The lowest BCUT2D eigenvalue weighted by atomic mass is 10.2. The topological polar surface area (TPSA) is 54.5 Å². The SMILES string of the molecule is CN(C(=O)OC(C)(C)C)c1cc(F)ccc1Nc1ncc(Cl)cc1Cl. The van der Waals surface area contributed by atoms with E-state index in [0.717, 1.165) is 0 Å². The van der Waals surface area contributed by atoms with Crippen LogP contribution in [0.1, 0.15) is 20.8 Å². The smallest absolute Gasteiger partial charge is 0.414 e. The van der Waals surface area contributed by atoms with Gasteiger partial charge < -0.3 is 10.1 Å². The Morgan fingerprint density at radius 2 is 1.96 bits per heavy atom. The molecule has 0 unspecified atom stereocenters. The van der Waals surface area contributed by atoms with Crippen LogP contribution in [0.25, 0.3) is 0 Å². The summed E-state index contributed by atoms with van der Waals surface area (Å²) < 4.78 is 19.0. The number of anilines is 3. The van der Waals surface area contributed by atoms with Crippen molar-refractivity contribution in [3.8, 4) is 0 Å². The maximum absolute atomic E-state index is 13.7. The van der Waals surface area contributed by atoms with Crippen LogP contribution in [0, 0.1) is 5.82 Å². The van der Waals surface area contributed by atoms with Crippen molar-refractivity contribution in [2.45, 2.75) is 26.4 Å². The van der Waals surface area contributed by atoms with Crippen LogP contribution in [0.5, 0.6) is 0 Å². The molecule has 134 valence electrons. The van der Waals surface area contributed by atoms with Crippen molar-refractivity contribution in [2.24, 2.45) is 0 Å². The monoisotopic (exact) mass is 385 g/mol. The molecule has 0 aliphatic carbocycles. The Hall–Kier alpha value is -2.05. The van der Waals surface area contributed by atoms with Crippen LogP contribution < -0.4 is 10.2 Å². The van der Waals surface area contributed by atoms with Crippen molar-refractivity contribution in [1.29, 1.82) is 0 Å². The van der Waals surface area contributed by atoms with Gasteiger partial charge in [-0.25, -0.2) is 14.2 Å². The lowest BCUT2D eigenvalue weighted by molar-refractivity contribution is 0.0589. The molecule has 0 fully saturated rings. The van der Waals surface area contributed by atoms with E-state index >= 15 is 0 Å². The third-order valence-electron chi connectivity index (χ3n) is 3.05. The Kier molecular flexibility index (Phi) is 5.75. The fraction of sp³-hybridized carbons (Fsp3) is 0.294. The van der Waals surface area contributed by atoms with E-state index in [1.54, 1.807) is 20.8 Å². The van der Waals surface area contributed by atoms with Crippen LogP contribution >= 0.6 is 23.2 Å². The third kappa shape index (κ3) is 5.21. The normalized spacial score (nSPS) is 11.2. The largest absolute Gasteiger partial charge is 0.443 e. The highest BCUT2D eigenvalue weighted by Gasteiger charge is 2.23. The van der Waals surface area contributed by atoms with Gasteiger partial charge in [0.1, 0.15) is 17.2 Å². The highest BCUT2D eigenvalue weighted by molar-refractivity contribution is 6.36. The first-order valence-electron chi connectivity index (χ1n) is 7.41. The van der Waals surface area contributed by atoms with Crippen molar-refractivity contribution < 1.29 is 13.9 Å². The number of nitrogens with zero attached hydrogens (tertiary/aromatic N) is 2. The van der Waals surface area contributed by atoms with Gasteiger partial charge in [0, 0.05) is 13.2 Å². The molecule has 8 heteroatoms. The summed E-state index contributed by atoms with van der Waals surface area (Å²) in [6.45, 7) is 5.25. The standard InChI is InChI=1S/C17H18Cl2FN3O2/c1-17(2,3)25-16(24)23(4)14-8-11(20)5-6-13(14)22-15-12(19)7-10(18)9-21-15/h5-9H,1-4H3,(H,21,22). The van der Waals surface area contributed by atoms with E-state index in [1.165, 1.54) is 42.4 Å². The predicted octanol–water partition coefficient (Wildman–Crippen LogP) is 5.64. The molecule has 2 aromatic rings. The summed E-state index contributed by atoms with van der Waals surface area (Å²) in [6, 6.07) is 5.49. The zero-order chi connectivity index (χ0) is 18.8. The highest BCUT2D eigenvalue weighted by atomic mass is 35.5. The third-order valence-corrected chi connectivity index (χ3v) is 3.54. The van der Waals surface area contributed by atoms with Gasteiger partial charge >= 0.3 is 6.09 Å². The molecule has 2 rings (SSSR count). The van der Waals surface area contributed by atoms with Crippen molar-refractivity contribution in [3.63, 3.8) is 0 Å². The van der Waals surface area contributed by atoms with Gasteiger partial charge in [0.2, 0.25) is 0 Å². The van der Waals surface area contributed by atoms with Crippen LogP contribution in [-0.2, 0) is 4.74 Å². The number of hydrogen-bond acceptors (Lipinski definition) is 4. The number of halogens is 3. The van der Waals surface area contributed by atoms with Crippen molar-refractivity contribution in [3.05, 3.63) is 46.3 Å². The van der Waals surface area contributed by atoms with Gasteiger partial charge in [0.05, 0.1) is 21.4 Å². The van der Waals surface area contributed by atoms with E-state index in [2.05, 4.69) is 10.3 Å². The zero-order valence-corrected chi connectivity index (χ0v) is 15.7. The second-order valence-corrected chi connectivity index (χ2v) is 7.15. The quantitative estimate of drug-likeness (QED) is 0.742. The summed E-state index contributed by atoms with van der Waals surface area (Å²) in [6.07, 6.45) is 0.813. The summed E-state index contributed by atoms with van der Waals surface area (Å²) in [4.78, 5) is 17.6. The number of aromatic nitrogens is 1. The van der Waals surface area contributed by atoms with Gasteiger partial charge in [-0.15, -0.1) is 0 Å². The number of rotatable bonds is 3.